The zero-order chi connectivity index (χ0) is 19.0. The molecule has 0 aliphatic carbocycles. The number of hydrogen-bond donors (Lipinski definition) is 2. The monoisotopic (exact) mass is 382 g/mol. The summed E-state index contributed by atoms with van der Waals surface area (Å²) in [6.45, 7) is 2.63. The van der Waals surface area contributed by atoms with E-state index in [0.717, 1.165) is 24.0 Å². The summed E-state index contributed by atoms with van der Waals surface area (Å²) in [6.07, 6.45) is 3.07. The molecular formula is C21H21ClN3O2+. The standard InChI is InChI=1S/C21H20ClN3O2/c1-13-6-7-15(10-17(13)22)25-20(26)11-19(21(25)27)23-9-8-14-12-24-18-5-3-2-4-16(14)18/h2-7,10,12,19,23-24H,8-9,11H2,1H3/p+1/t19-/m1/s1. The van der Waals surface area contributed by atoms with Crippen LogP contribution in [0.3, 0.4) is 0 Å². The van der Waals surface area contributed by atoms with Crippen LogP contribution in [0.2, 0.25) is 5.02 Å². The normalized spacial score (nSPS) is 17.3. The number of carbonyl (C=O) groups is 2. The minimum Gasteiger partial charge on any atom is -0.361 e. The highest BCUT2D eigenvalue weighted by Crippen LogP contribution is 2.26. The number of carbonyl (C=O) groups excluding carboxylic acids is 2. The number of hydrogen-bond acceptors (Lipinski definition) is 2. The van der Waals surface area contributed by atoms with Gasteiger partial charge in [0.05, 0.1) is 18.7 Å². The Hall–Kier alpha value is -2.63. The number of benzene rings is 2. The third-order valence-electron chi connectivity index (χ3n) is 5.13. The maximum atomic E-state index is 12.7. The largest absolute Gasteiger partial charge is 0.361 e. The number of imide groups is 1. The first-order valence-electron chi connectivity index (χ1n) is 9.06. The van der Waals surface area contributed by atoms with Crippen LogP contribution in [0, 0.1) is 6.92 Å². The fraction of sp³-hybridized carbons (Fsp3) is 0.238. The molecule has 1 atom stereocenters. The Balaban J connectivity index is 1.42. The van der Waals surface area contributed by atoms with Gasteiger partial charge in [-0.15, -0.1) is 0 Å². The number of nitrogens with zero attached hydrogens (tertiary/aromatic N) is 1. The molecule has 0 unspecified atom stereocenters. The predicted molar refractivity (Wildman–Crippen MR) is 106 cm³/mol. The summed E-state index contributed by atoms with van der Waals surface area (Å²) in [4.78, 5) is 29.7. The number of rotatable bonds is 5. The maximum Gasteiger partial charge on any atom is 0.292 e. The van der Waals surface area contributed by atoms with E-state index in [0.29, 0.717) is 10.7 Å². The summed E-state index contributed by atoms with van der Waals surface area (Å²) >= 11 is 6.15. The van der Waals surface area contributed by atoms with Crippen molar-refractivity contribution < 1.29 is 14.9 Å². The van der Waals surface area contributed by atoms with Crippen LogP contribution in [-0.4, -0.2) is 29.4 Å². The van der Waals surface area contributed by atoms with Gasteiger partial charge in [-0.1, -0.05) is 35.9 Å². The van der Waals surface area contributed by atoms with E-state index in [1.54, 1.807) is 12.1 Å². The molecule has 27 heavy (non-hydrogen) atoms. The Bertz CT molecular complexity index is 1030. The number of H-pyrrole nitrogens is 1. The van der Waals surface area contributed by atoms with Crippen molar-refractivity contribution in [1.82, 2.24) is 4.98 Å². The van der Waals surface area contributed by atoms with Crippen LogP contribution in [0.5, 0.6) is 0 Å². The highest BCUT2D eigenvalue weighted by molar-refractivity contribution is 6.32. The number of fused-ring (bicyclic) bond motifs is 1. The molecule has 3 N–H and O–H groups in total. The Morgan fingerprint density at radius 2 is 2.04 bits per heavy atom. The minimum atomic E-state index is -0.372. The lowest BCUT2D eigenvalue weighted by Gasteiger charge is -2.15. The van der Waals surface area contributed by atoms with Crippen molar-refractivity contribution >= 4 is 40.0 Å². The van der Waals surface area contributed by atoms with Crippen LogP contribution in [0.15, 0.2) is 48.7 Å². The molecule has 2 aromatic carbocycles. The van der Waals surface area contributed by atoms with E-state index >= 15 is 0 Å². The lowest BCUT2D eigenvalue weighted by molar-refractivity contribution is -0.674. The van der Waals surface area contributed by atoms with Gasteiger partial charge in [0.2, 0.25) is 5.91 Å². The smallest absolute Gasteiger partial charge is 0.292 e. The van der Waals surface area contributed by atoms with Gasteiger partial charge < -0.3 is 10.3 Å². The van der Waals surface area contributed by atoms with Gasteiger partial charge in [0.1, 0.15) is 0 Å². The first-order valence-corrected chi connectivity index (χ1v) is 9.43. The molecule has 4 rings (SSSR count). The molecule has 2 amide bonds. The first kappa shape index (κ1) is 17.8. The summed E-state index contributed by atoms with van der Waals surface area (Å²) in [5.74, 6) is -0.341. The number of quaternary nitrogens is 1. The first-order chi connectivity index (χ1) is 13.0. The third kappa shape index (κ3) is 3.36. The summed E-state index contributed by atoms with van der Waals surface area (Å²) in [7, 11) is 0. The number of aromatic nitrogens is 1. The molecule has 3 aromatic rings. The quantitative estimate of drug-likeness (QED) is 0.666. The molecule has 1 aliphatic heterocycles. The van der Waals surface area contributed by atoms with Crippen molar-refractivity contribution in [3.63, 3.8) is 0 Å². The predicted octanol–water partition coefficient (Wildman–Crippen LogP) is 2.57. The van der Waals surface area contributed by atoms with Gasteiger partial charge in [0.25, 0.3) is 5.91 Å². The van der Waals surface area contributed by atoms with Crippen molar-refractivity contribution in [2.75, 3.05) is 11.4 Å². The molecule has 6 heteroatoms. The van der Waals surface area contributed by atoms with E-state index in [9.17, 15) is 9.59 Å². The zero-order valence-electron chi connectivity index (χ0n) is 15.0. The van der Waals surface area contributed by atoms with E-state index in [4.69, 9.17) is 11.6 Å². The van der Waals surface area contributed by atoms with Crippen LogP contribution in [-0.2, 0) is 16.0 Å². The zero-order valence-corrected chi connectivity index (χ0v) is 15.8. The highest BCUT2D eigenvalue weighted by atomic mass is 35.5. The Labute approximate surface area is 162 Å². The summed E-state index contributed by atoms with van der Waals surface area (Å²) < 4.78 is 0. The lowest BCUT2D eigenvalue weighted by atomic mass is 10.1. The van der Waals surface area contributed by atoms with Gasteiger partial charge in [-0.2, -0.15) is 0 Å². The number of aryl methyl sites for hydroxylation is 1. The van der Waals surface area contributed by atoms with Gasteiger partial charge in [-0.3, -0.25) is 9.59 Å². The molecule has 5 nitrogen and oxygen atoms in total. The van der Waals surface area contributed by atoms with Gasteiger partial charge in [-0.25, -0.2) is 4.90 Å². The molecule has 2 heterocycles. The van der Waals surface area contributed by atoms with Crippen LogP contribution in [0.4, 0.5) is 5.69 Å². The van der Waals surface area contributed by atoms with Crippen molar-refractivity contribution in [3.8, 4) is 0 Å². The molecule has 1 aliphatic rings. The topological polar surface area (TPSA) is 69.8 Å². The average molecular weight is 383 g/mol. The molecule has 1 fully saturated rings. The number of nitrogens with two attached hydrogens (primary N) is 1. The third-order valence-corrected chi connectivity index (χ3v) is 5.54. The number of halogens is 1. The number of para-hydroxylation sites is 1. The molecule has 138 valence electrons. The minimum absolute atomic E-state index is 0.168. The van der Waals surface area contributed by atoms with Crippen molar-refractivity contribution in [3.05, 3.63) is 64.8 Å². The molecule has 0 radical (unpaired) electrons. The van der Waals surface area contributed by atoms with E-state index in [1.807, 2.05) is 42.7 Å². The van der Waals surface area contributed by atoms with Crippen LogP contribution >= 0.6 is 11.6 Å². The number of anilines is 1. The molecule has 0 bridgehead atoms. The van der Waals surface area contributed by atoms with Crippen LogP contribution < -0.4 is 10.2 Å². The van der Waals surface area contributed by atoms with Gasteiger partial charge >= 0.3 is 0 Å². The summed E-state index contributed by atoms with van der Waals surface area (Å²) in [5.41, 5.74) is 3.80. The SMILES string of the molecule is Cc1ccc(N2C(=O)C[C@@H]([NH2+]CCc3c[nH]c4ccccc34)C2=O)cc1Cl. The second-order valence-corrected chi connectivity index (χ2v) is 7.35. The number of amides is 2. The fourth-order valence-corrected chi connectivity index (χ4v) is 3.78. The van der Waals surface area contributed by atoms with Crippen LogP contribution in [0.25, 0.3) is 10.9 Å². The maximum absolute atomic E-state index is 12.7. The van der Waals surface area contributed by atoms with E-state index in [1.165, 1.54) is 15.8 Å². The average Bonchev–Trinajstić information content (AvgIpc) is 3.19. The molecule has 0 spiro atoms. The van der Waals surface area contributed by atoms with Gasteiger partial charge in [0, 0.05) is 28.5 Å². The van der Waals surface area contributed by atoms with E-state index in [2.05, 4.69) is 11.1 Å². The molecule has 0 saturated carbocycles. The lowest BCUT2D eigenvalue weighted by Crippen LogP contribution is -2.92. The van der Waals surface area contributed by atoms with E-state index < -0.39 is 0 Å². The summed E-state index contributed by atoms with van der Waals surface area (Å²) in [6, 6.07) is 13.1. The van der Waals surface area contributed by atoms with Gasteiger partial charge in [0.15, 0.2) is 6.04 Å². The van der Waals surface area contributed by atoms with Crippen LogP contribution in [0.1, 0.15) is 17.5 Å². The number of nitrogens with one attached hydrogen (secondary N) is 1. The van der Waals surface area contributed by atoms with E-state index in [-0.39, 0.29) is 24.3 Å². The highest BCUT2D eigenvalue weighted by Gasteiger charge is 2.42. The van der Waals surface area contributed by atoms with Gasteiger partial charge in [-0.05, 0) is 36.2 Å². The van der Waals surface area contributed by atoms with Crippen molar-refractivity contribution in [1.29, 1.82) is 0 Å². The Morgan fingerprint density at radius 1 is 1.22 bits per heavy atom. The second kappa shape index (κ2) is 7.18. The Morgan fingerprint density at radius 3 is 2.85 bits per heavy atom. The van der Waals surface area contributed by atoms with Crippen molar-refractivity contribution in [2.45, 2.75) is 25.8 Å². The fourth-order valence-electron chi connectivity index (χ4n) is 3.61. The molecular weight excluding hydrogens is 362 g/mol. The van der Waals surface area contributed by atoms with Crippen molar-refractivity contribution in [2.24, 2.45) is 0 Å². The number of aromatic amines is 1. The molecule has 1 saturated heterocycles. The second-order valence-electron chi connectivity index (χ2n) is 6.95. The summed E-state index contributed by atoms with van der Waals surface area (Å²) in [5, 5.41) is 3.73. The Kier molecular flexibility index (Phi) is 4.72. The molecule has 1 aromatic heterocycles.